The van der Waals surface area contributed by atoms with E-state index in [1.165, 1.54) is 7.11 Å². The van der Waals surface area contributed by atoms with Crippen LogP contribution in [-0.2, 0) is 9.53 Å². The van der Waals surface area contributed by atoms with Crippen LogP contribution in [-0.4, -0.2) is 29.2 Å². The minimum absolute atomic E-state index is 0.394. The van der Waals surface area contributed by atoms with Gasteiger partial charge in [0.1, 0.15) is 5.69 Å². The van der Waals surface area contributed by atoms with Crippen molar-refractivity contribution in [3.05, 3.63) is 29.5 Å². The van der Waals surface area contributed by atoms with Gasteiger partial charge in [-0.2, -0.15) is 5.10 Å². The molecule has 3 N–H and O–H groups in total. The number of ether oxygens (including phenoxy) is 1. The Morgan fingerprint density at radius 1 is 1.44 bits per heavy atom. The van der Waals surface area contributed by atoms with Gasteiger partial charge < -0.3 is 10.5 Å². The number of methoxy groups -OCH3 is 1. The maximum atomic E-state index is 11.3. The SMILES string of the molecule is COC(=O)c1ccc2c(C#CC(N)=O)[nH]nc2c1. The number of aromatic amines is 1. The van der Waals surface area contributed by atoms with Crippen LogP contribution in [0, 0.1) is 11.8 Å². The van der Waals surface area contributed by atoms with Gasteiger partial charge in [0.05, 0.1) is 18.2 Å². The zero-order valence-electron chi connectivity index (χ0n) is 9.48. The molecule has 0 aliphatic carbocycles. The minimum Gasteiger partial charge on any atom is -0.465 e. The number of hydrogen-bond acceptors (Lipinski definition) is 4. The first-order chi connectivity index (χ1) is 8.61. The summed E-state index contributed by atoms with van der Waals surface area (Å²) >= 11 is 0. The number of carbonyl (C=O) groups excluding carboxylic acids is 2. The van der Waals surface area contributed by atoms with E-state index in [-0.39, 0.29) is 0 Å². The van der Waals surface area contributed by atoms with Crippen LogP contribution >= 0.6 is 0 Å². The summed E-state index contributed by atoms with van der Waals surface area (Å²) in [6, 6.07) is 4.85. The Hall–Kier alpha value is -2.81. The average molecular weight is 243 g/mol. The van der Waals surface area contributed by atoms with Crippen molar-refractivity contribution in [1.82, 2.24) is 10.2 Å². The van der Waals surface area contributed by atoms with Gasteiger partial charge in [-0.25, -0.2) is 4.79 Å². The molecule has 0 atom stereocenters. The molecule has 1 amide bonds. The fourth-order valence-electron chi connectivity index (χ4n) is 1.48. The second kappa shape index (κ2) is 4.59. The molecule has 0 unspecified atom stereocenters. The van der Waals surface area contributed by atoms with Gasteiger partial charge in [0.15, 0.2) is 0 Å². The summed E-state index contributed by atoms with van der Waals surface area (Å²) in [5.41, 5.74) is 6.36. The molecule has 2 rings (SSSR count). The normalized spacial score (nSPS) is 9.61. The number of nitrogens with one attached hydrogen (secondary N) is 1. The Labute approximate surface area is 102 Å². The van der Waals surface area contributed by atoms with Crippen LogP contribution in [0.3, 0.4) is 0 Å². The van der Waals surface area contributed by atoms with Crippen molar-refractivity contribution in [2.45, 2.75) is 0 Å². The Bertz CT molecular complexity index is 691. The maximum Gasteiger partial charge on any atom is 0.337 e. The summed E-state index contributed by atoms with van der Waals surface area (Å²) in [6.07, 6.45) is 0. The number of primary amides is 1. The predicted molar refractivity (Wildman–Crippen MR) is 63.5 cm³/mol. The molecule has 0 saturated heterocycles. The van der Waals surface area contributed by atoms with Gasteiger partial charge in [-0.1, -0.05) is 0 Å². The molecule has 0 radical (unpaired) electrons. The number of hydrogen-bond donors (Lipinski definition) is 2. The van der Waals surface area contributed by atoms with E-state index < -0.39 is 11.9 Å². The van der Waals surface area contributed by atoms with Crippen molar-refractivity contribution in [1.29, 1.82) is 0 Å². The summed E-state index contributed by atoms with van der Waals surface area (Å²) in [6.45, 7) is 0. The Morgan fingerprint density at radius 2 is 2.22 bits per heavy atom. The molecule has 18 heavy (non-hydrogen) atoms. The van der Waals surface area contributed by atoms with Gasteiger partial charge in [-0.3, -0.25) is 9.89 Å². The molecule has 0 aliphatic rings. The van der Waals surface area contributed by atoms with Crippen molar-refractivity contribution in [2.75, 3.05) is 7.11 Å². The van der Waals surface area contributed by atoms with Crippen LogP contribution in [0.4, 0.5) is 0 Å². The highest BCUT2D eigenvalue weighted by atomic mass is 16.5. The molecule has 1 aromatic carbocycles. The summed E-state index contributed by atoms with van der Waals surface area (Å²) in [7, 11) is 1.31. The monoisotopic (exact) mass is 243 g/mol. The van der Waals surface area contributed by atoms with Crippen molar-refractivity contribution < 1.29 is 14.3 Å². The number of nitrogens with two attached hydrogens (primary N) is 1. The largest absolute Gasteiger partial charge is 0.465 e. The van der Waals surface area contributed by atoms with Crippen LogP contribution in [0.15, 0.2) is 18.2 Å². The fraction of sp³-hybridized carbons (Fsp3) is 0.0833. The molecule has 6 heteroatoms. The van der Waals surface area contributed by atoms with E-state index in [9.17, 15) is 9.59 Å². The number of H-pyrrole nitrogens is 1. The number of aromatic nitrogens is 2. The van der Waals surface area contributed by atoms with Gasteiger partial charge in [0, 0.05) is 11.3 Å². The van der Waals surface area contributed by atoms with Crippen molar-refractivity contribution in [3.63, 3.8) is 0 Å². The standard InChI is InChI=1S/C12H9N3O3/c1-18-12(17)7-2-3-8-9(4-5-11(13)16)14-15-10(8)6-7/h2-3,6H,1H3,(H2,13,16)(H,14,15). The molecular weight excluding hydrogens is 234 g/mol. The van der Waals surface area contributed by atoms with Gasteiger partial charge in [-0.05, 0) is 24.1 Å². The van der Waals surface area contributed by atoms with Crippen LogP contribution in [0.1, 0.15) is 16.1 Å². The Kier molecular flexibility index (Phi) is 2.98. The second-order valence-corrected chi connectivity index (χ2v) is 3.44. The first kappa shape index (κ1) is 11.7. The number of amides is 1. The highest BCUT2D eigenvalue weighted by molar-refractivity contribution is 5.97. The fourth-order valence-corrected chi connectivity index (χ4v) is 1.48. The van der Waals surface area contributed by atoms with Gasteiger partial charge in [-0.15, -0.1) is 0 Å². The number of nitrogens with zero attached hydrogens (tertiary/aromatic N) is 1. The highest BCUT2D eigenvalue weighted by Gasteiger charge is 2.09. The van der Waals surface area contributed by atoms with Crippen molar-refractivity contribution in [3.8, 4) is 11.8 Å². The quantitative estimate of drug-likeness (QED) is 0.551. The topological polar surface area (TPSA) is 98.1 Å². The van der Waals surface area contributed by atoms with E-state index >= 15 is 0 Å². The number of esters is 1. The summed E-state index contributed by atoms with van der Waals surface area (Å²) < 4.78 is 4.60. The van der Waals surface area contributed by atoms with E-state index in [2.05, 4.69) is 26.8 Å². The lowest BCUT2D eigenvalue weighted by Crippen LogP contribution is -2.06. The average Bonchev–Trinajstić information content (AvgIpc) is 2.77. The number of fused-ring (bicyclic) bond motifs is 1. The molecule has 0 spiro atoms. The minimum atomic E-state index is -0.719. The van der Waals surface area contributed by atoms with E-state index in [0.717, 1.165) is 0 Å². The van der Waals surface area contributed by atoms with E-state index in [1.54, 1.807) is 18.2 Å². The zero-order valence-corrected chi connectivity index (χ0v) is 9.48. The molecule has 0 fully saturated rings. The number of benzene rings is 1. The summed E-state index contributed by atoms with van der Waals surface area (Å²) in [4.78, 5) is 21.9. The molecule has 6 nitrogen and oxygen atoms in total. The lowest BCUT2D eigenvalue weighted by atomic mass is 10.1. The molecule has 90 valence electrons. The lowest BCUT2D eigenvalue weighted by Gasteiger charge is -1.97. The first-order valence-corrected chi connectivity index (χ1v) is 4.99. The van der Waals surface area contributed by atoms with E-state index in [0.29, 0.717) is 22.2 Å². The van der Waals surface area contributed by atoms with Crippen LogP contribution < -0.4 is 5.73 Å². The zero-order chi connectivity index (χ0) is 13.1. The molecular formula is C12H9N3O3. The lowest BCUT2D eigenvalue weighted by molar-refractivity contribution is -0.112. The Balaban J connectivity index is 2.48. The molecule has 1 heterocycles. The second-order valence-electron chi connectivity index (χ2n) is 3.44. The van der Waals surface area contributed by atoms with Gasteiger partial charge >= 0.3 is 5.97 Å². The van der Waals surface area contributed by atoms with Crippen LogP contribution in [0.5, 0.6) is 0 Å². The third kappa shape index (κ3) is 2.15. The molecule has 2 aromatic rings. The Morgan fingerprint density at radius 3 is 2.89 bits per heavy atom. The molecule has 0 saturated carbocycles. The van der Waals surface area contributed by atoms with Crippen LogP contribution in [0.25, 0.3) is 10.9 Å². The van der Waals surface area contributed by atoms with E-state index in [4.69, 9.17) is 5.73 Å². The smallest absolute Gasteiger partial charge is 0.337 e. The van der Waals surface area contributed by atoms with E-state index in [1.807, 2.05) is 0 Å². The first-order valence-electron chi connectivity index (χ1n) is 4.99. The number of carbonyl (C=O) groups is 2. The number of rotatable bonds is 1. The third-order valence-electron chi connectivity index (χ3n) is 2.29. The maximum absolute atomic E-state index is 11.3. The van der Waals surface area contributed by atoms with Crippen LogP contribution in [0.2, 0.25) is 0 Å². The third-order valence-corrected chi connectivity index (χ3v) is 2.29. The van der Waals surface area contributed by atoms with Crippen molar-refractivity contribution in [2.24, 2.45) is 5.73 Å². The molecule has 0 bridgehead atoms. The van der Waals surface area contributed by atoms with Gasteiger partial charge in [0.2, 0.25) is 0 Å². The molecule has 1 aromatic heterocycles. The summed E-state index contributed by atoms with van der Waals surface area (Å²) in [5, 5.41) is 7.36. The summed E-state index contributed by atoms with van der Waals surface area (Å²) in [5.74, 6) is 3.63. The highest BCUT2D eigenvalue weighted by Crippen LogP contribution is 2.17. The van der Waals surface area contributed by atoms with Crippen molar-refractivity contribution >= 4 is 22.8 Å². The predicted octanol–water partition coefficient (Wildman–Crippen LogP) is 0.186. The molecule has 0 aliphatic heterocycles. The van der Waals surface area contributed by atoms with Gasteiger partial charge in [0.25, 0.3) is 5.91 Å².